The summed E-state index contributed by atoms with van der Waals surface area (Å²) in [6.45, 7) is 4.72. The van der Waals surface area contributed by atoms with Crippen LogP contribution < -0.4 is 10.6 Å². The number of hydrogen-bond acceptors (Lipinski definition) is 4. The molecule has 3 aromatic carbocycles. The smallest absolute Gasteiger partial charge is 0.243 e. The van der Waals surface area contributed by atoms with Gasteiger partial charge in [0, 0.05) is 36.4 Å². The van der Waals surface area contributed by atoms with Crippen molar-refractivity contribution in [3.63, 3.8) is 0 Å². The van der Waals surface area contributed by atoms with E-state index in [-0.39, 0.29) is 17.9 Å². The molecule has 6 nitrogen and oxygen atoms in total. The first-order chi connectivity index (χ1) is 16.3. The summed E-state index contributed by atoms with van der Waals surface area (Å²) in [5, 5.41) is 6.44. The normalized spacial score (nSPS) is 16.1. The molecule has 1 heterocycles. The minimum absolute atomic E-state index is 0.0641. The Morgan fingerprint density at radius 3 is 2.09 bits per heavy atom. The summed E-state index contributed by atoms with van der Waals surface area (Å²) in [6, 6.07) is 24.9. The Kier molecular flexibility index (Phi) is 7.34. The van der Waals surface area contributed by atoms with Crippen LogP contribution in [0, 0.1) is 12.8 Å². The van der Waals surface area contributed by atoms with E-state index in [1.54, 1.807) is 24.3 Å². The van der Waals surface area contributed by atoms with Crippen molar-refractivity contribution in [3.05, 3.63) is 90.0 Å². The molecule has 0 saturated carbocycles. The molecule has 0 aromatic heterocycles. The Morgan fingerprint density at radius 1 is 0.882 bits per heavy atom. The van der Waals surface area contributed by atoms with Gasteiger partial charge < -0.3 is 10.6 Å². The van der Waals surface area contributed by atoms with Crippen LogP contribution in [0.3, 0.4) is 0 Å². The maximum absolute atomic E-state index is 12.9. The highest BCUT2D eigenvalue weighted by molar-refractivity contribution is 7.89. The SMILES string of the molecule is Cc1ccc(S(=O)(=O)N2CCC(C(=O)Nc3ccc(NC(C)c4ccccc4)cc3)CC2)cc1. The van der Waals surface area contributed by atoms with Gasteiger partial charge in [-0.2, -0.15) is 4.31 Å². The number of benzene rings is 3. The van der Waals surface area contributed by atoms with Gasteiger partial charge in [0.25, 0.3) is 0 Å². The van der Waals surface area contributed by atoms with Crippen LogP contribution in [0.2, 0.25) is 0 Å². The highest BCUT2D eigenvalue weighted by Gasteiger charge is 2.32. The van der Waals surface area contributed by atoms with Crippen molar-refractivity contribution >= 4 is 27.3 Å². The van der Waals surface area contributed by atoms with E-state index in [0.29, 0.717) is 30.8 Å². The number of rotatable bonds is 7. The number of nitrogens with zero attached hydrogens (tertiary/aromatic N) is 1. The molecule has 34 heavy (non-hydrogen) atoms. The lowest BCUT2D eigenvalue weighted by Gasteiger charge is -2.30. The quantitative estimate of drug-likeness (QED) is 0.490. The number of carbonyl (C=O) groups is 1. The van der Waals surface area contributed by atoms with E-state index in [4.69, 9.17) is 0 Å². The molecule has 178 valence electrons. The van der Waals surface area contributed by atoms with Gasteiger partial charge in [-0.1, -0.05) is 48.0 Å². The molecule has 0 aliphatic carbocycles. The Labute approximate surface area is 202 Å². The first-order valence-electron chi connectivity index (χ1n) is 11.6. The summed E-state index contributed by atoms with van der Waals surface area (Å²) in [5.74, 6) is -0.272. The standard InChI is InChI=1S/C27H31N3O3S/c1-20-8-14-26(15-9-20)34(32,33)30-18-16-23(17-19-30)27(31)29-25-12-10-24(11-13-25)28-21(2)22-6-4-3-5-7-22/h3-15,21,23,28H,16-19H2,1-2H3,(H,29,31). The van der Waals surface area contributed by atoms with Gasteiger partial charge in [0.1, 0.15) is 0 Å². The van der Waals surface area contributed by atoms with Crippen LogP contribution in [-0.2, 0) is 14.8 Å². The number of piperidine rings is 1. The van der Waals surface area contributed by atoms with E-state index in [0.717, 1.165) is 16.9 Å². The number of hydrogen-bond donors (Lipinski definition) is 2. The number of amides is 1. The Hall–Kier alpha value is -3.16. The van der Waals surface area contributed by atoms with Gasteiger partial charge in [0.15, 0.2) is 0 Å². The van der Waals surface area contributed by atoms with Crippen LogP contribution in [0.15, 0.2) is 83.8 Å². The highest BCUT2D eigenvalue weighted by atomic mass is 32.2. The van der Waals surface area contributed by atoms with Crippen LogP contribution >= 0.6 is 0 Å². The Bertz CT molecular complexity index is 1200. The van der Waals surface area contributed by atoms with Crippen LogP contribution in [0.5, 0.6) is 0 Å². The number of aryl methyl sites for hydroxylation is 1. The Balaban J connectivity index is 1.29. The maximum Gasteiger partial charge on any atom is 0.243 e. The molecule has 0 bridgehead atoms. The predicted molar refractivity (Wildman–Crippen MR) is 136 cm³/mol. The predicted octanol–water partition coefficient (Wildman–Crippen LogP) is 5.21. The number of nitrogens with one attached hydrogen (secondary N) is 2. The van der Waals surface area contributed by atoms with E-state index in [1.165, 1.54) is 9.87 Å². The van der Waals surface area contributed by atoms with Crippen LogP contribution in [0.4, 0.5) is 11.4 Å². The third-order valence-electron chi connectivity index (χ3n) is 6.32. The van der Waals surface area contributed by atoms with Crippen molar-refractivity contribution in [1.82, 2.24) is 4.31 Å². The molecular weight excluding hydrogens is 446 g/mol. The molecule has 2 N–H and O–H groups in total. The van der Waals surface area contributed by atoms with E-state index in [9.17, 15) is 13.2 Å². The van der Waals surface area contributed by atoms with Crippen LogP contribution in [-0.4, -0.2) is 31.7 Å². The van der Waals surface area contributed by atoms with Crippen molar-refractivity contribution in [2.45, 2.75) is 37.6 Å². The second-order valence-corrected chi connectivity index (χ2v) is 10.8. The minimum atomic E-state index is -3.53. The van der Waals surface area contributed by atoms with Gasteiger partial charge in [-0.05, 0) is 68.7 Å². The van der Waals surface area contributed by atoms with Gasteiger partial charge >= 0.3 is 0 Å². The summed E-state index contributed by atoms with van der Waals surface area (Å²) in [4.78, 5) is 13.1. The minimum Gasteiger partial charge on any atom is -0.379 e. The molecule has 1 amide bonds. The number of sulfonamides is 1. The van der Waals surface area contributed by atoms with E-state index >= 15 is 0 Å². The molecule has 1 aliphatic heterocycles. The van der Waals surface area contributed by atoms with E-state index < -0.39 is 10.0 Å². The van der Waals surface area contributed by atoms with E-state index in [1.807, 2.05) is 49.4 Å². The third-order valence-corrected chi connectivity index (χ3v) is 8.23. The molecule has 0 spiro atoms. The summed E-state index contributed by atoms with van der Waals surface area (Å²) in [6.07, 6.45) is 1.01. The molecule has 4 rings (SSSR count). The Morgan fingerprint density at radius 2 is 1.47 bits per heavy atom. The lowest BCUT2D eigenvalue weighted by Crippen LogP contribution is -2.41. The van der Waals surface area contributed by atoms with Crippen molar-refractivity contribution in [2.75, 3.05) is 23.7 Å². The van der Waals surface area contributed by atoms with Crippen LogP contribution in [0.25, 0.3) is 0 Å². The molecule has 1 unspecified atom stereocenters. The van der Waals surface area contributed by atoms with Gasteiger partial charge in [0.2, 0.25) is 15.9 Å². The second-order valence-electron chi connectivity index (χ2n) is 8.83. The van der Waals surface area contributed by atoms with E-state index in [2.05, 4.69) is 29.7 Å². The number of anilines is 2. The first-order valence-corrected chi connectivity index (χ1v) is 13.1. The van der Waals surface area contributed by atoms with Crippen molar-refractivity contribution < 1.29 is 13.2 Å². The molecular formula is C27H31N3O3S. The summed E-state index contributed by atoms with van der Waals surface area (Å²) in [7, 11) is -3.53. The first kappa shape index (κ1) is 24.0. The molecule has 3 aromatic rings. The summed E-state index contributed by atoms with van der Waals surface area (Å²) in [5.41, 5.74) is 3.93. The van der Waals surface area contributed by atoms with Crippen molar-refractivity contribution in [2.24, 2.45) is 5.92 Å². The zero-order valence-corrected chi connectivity index (χ0v) is 20.4. The fourth-order valence-corrected chi connectivity index (χ4v) is 5.66. The van der Waals surface area contributed by atoms with Gasteiger partial charge in [-0.15, -0.1) is 0 Å². The topological polar surface area (TPSA) is 78.5 Å². The lowest BCUT2D eigenvalue weighted by molar-refractivity contribution is -0.120. The van der Waals surface area contributed by atoms with Crippen molar-refractivity contribution in [3.8, 4) is 0 Å². The summed E-state index contributed by atoms with van der Waals surface area (Å²) < 4.78 is 27.3. The molecule has 1 aliphatic rings. The largest absolute Gasteiger partial charge is 0.379 e. The third kappa shape index (κ3) is 5.66. The molecule has 0 radical (unpaired) electrons. The number of carbonyl (C=O) groups excluding carboxylic acids is 1. The molecule has 1 saturated heterocycles. The average molecular weight is 478 g/mol. The maximum atomic E-state index is 12.9. The monoisotopic (exact) mass is 477 g/mol. The fourth-order valence-electron chi connectivity index (χ4n) is 4.19. The van der Waals surface area contributed by atoms with Gasteiger partial charge in [0.05, 0.1) is 4.90 Å². The second kappa shape index (κ2) is 10.4. The fraction of sp³-hybridized carbons (Fsp3) is 0.296. The highest BCUT2D eigenvalue weighted by Crippen LogP contribution is 2.26. The van der Waals surface area contributed by atoms with Crippen LogP contribution in [0.1, 0.15) is 36.9 Å². The molecule has 1 atom stereocenters. The zero-order valence-electron chi connectivity index (χ0n) is 19.6. The summed E-state index contributed by atoms with van der Waals surface area (Å²) >= 11 is 0. The average Bonchev–Trinajstić information content (AvgIpc) is 2.86. The van der Waals surface area contributed by atoms with Gasteiger partial charge in [-0.25, -0.2) is 8.42 Å². The lowest BCUT2D eigenvalue weighted by atomic mass is 9.97. The van der Waals surface area contributed by atoms with Gasteiger partial charge in [-0.3, -0.25) is 4.79 Å². The zero-order chi connectivity index (χ0) is 24.1. The molecule has 1 fully saturated rings. The molecule has 7 heteroatoms. The van der Waals surface area contributed by atoms with Crippen molar-refractivity contribution in [1.29, 1.82) is 0 Å².